The molecule has 0 fully saturated rings. The molecular formula is C17H13N3O3. The lowest BCUT2D eigenvalue weighted by atomic mass is 10.2. The Balaban J connectivity index is 1.68. The molecule has 0 saturated carbocycles. The zero-order chi connectivity index (χ0) is 15.6. The summed E-state index contributed by atoms with van der Waals surface area (Å²) in [5.74, 6) is 1.95. The van der Waals surface area contributed by atoms with Gasteiger partial charge in [0.1, 0.15) is 0 Å². The highest BCUT2D eigenvalue weighted by atomic mass is 16.7. The van der Waals surface area contributed by atoms with Gasteiger partial charge in [-0.2, -0.15) is 0 Å². The third-order valence-electron chi connectivity index (χ3n) is 3.47. The molecule has 0 atom stereocenters. The Morgan fingerprint density at radius 2 is 1.87 bits per heavy atom. The second kappa shape index (κ2) is 5.49. The molecular weight excluding hydrogens is 294 g/mol. The Hall–Kier alpha value is -3.28. The smallest absolute Gasteiger partial charge is 0.266 e. The molecule has 4 rings (SSSR count). The van der Waals surface area contributed by atoms with E-state index in [0.29, 0.717) is 11.6 Å². The molecule has 0 unspecified atom stereocenters. The number of nitrogens with one attached hydrogen (secondary N) is 1. The van der Waals surface area contributed by atoms with E-state index in [1.807, 2.05) is 48.5 Å². The second-order valence-electron chi connectivity index (χ2n) is 5.02. The van der Waals surface area contributed by atoms with Crippen molar-refractivity contribution in [2.24, 2.45) is 4.99 Å². The summed E-state index contributed by atoms with van der Waals surface area (Å²) in [5.41, 5.74) is 1.50. The van der Waals surface area contributed by atoms with Crippen LogP contribution in [0.1, 0.15) is 5.56 Å². The van der Waals surface area contributed by atoms with E-state index in [9.17, 15) is 4.79 Å². The third-order valence-corrected chi connectivity index (χ3v) is 3.47. The van der Waals surface area contributed by atoms with E-state index < -0.39 is 0 Å². The fourth-order valence-electron chi connectivity index (χ4n) is 2.38. The maximum absolute atomic E-state index is 11.7. The van der Waals surface area contributed by atoms with Crippen LogP contribution in [0.2, 0.25) is 0 Å². The number of nitrogens with zero attached hydrogens (tertiary/aromatic N) is 2. The van der Waals surface area contributed by atoms with Crippen molar-refractivity contribution < 1.29 is 9.47 Å². The summed E-state index contributed by atoms with van der Waals surface area (Å²) in [6.07, 6.45) is 1.68. The number of rotatable bonds is 3. The number of ether oxygens (including phenoxy) is 2. The molecule has 1 N–H and O–H groups in total. The van der Waals surface area contributed by atoms with Crippen molar-refractivity contribution in [2.45, 2.75) is 0 Å². The molecule has 6 heteroatoms. The van der Waals surface area contributed by atoms with Crippen molar-refractivity contribution in [2.75, 3.05) is 6.79 Å². The minimum atomic E-state index is -0.202. The predicted molar refractivity (Wildman–Crippen MR) is 86.2 cm³/mol. The highest BCUT2D eigenvalue weighted by molar-refractivity contribution is 5.83. The van der Waals surface area contributed by atoms with E-state index in [4.69, 9.17) is 9.47 Å². The largest absolute Gasteiger partial charge is 0.454 e. The summed E-state index contributed by atoms with van der Waals surface area (Å²) < 4.78 is 12.3. The highest BCUT2D eigenvalue weighted by Crippen LogP contribution is 2.32. The van der Waals surface area contributed by atoms with Gasteiger partial charge >= 0.3 is 0 Å². The van der Waals surface area contributed by atoms with E-state index >= 15 is 0 Å². The molecule has 3 aromatic rings. The molecule has 0 amide bonds. The molecule has 0 radical (unpaired) electrons. The van der Waals surface area contributed by atoms with Gasteiger partial charge in [-0.05, 0) is 35.9 Å². The van der Waals surface area contributed by atoms with Crippen LogP contribution in [0, 0.1) is 0 Å². The quantitative estimate of drug-likeness (QED) is 0.756. The van der Waals surface area contributed by atoms with Crippen molar-refractivity contribution in [1.82, 2.24) is 9.78 Å². The van der Waals surface area contributed by atoms with Crippen molar-refractivity contribution in [3.05, 3.63) is 70.5 Å². The molecule has 0 saturated heterocycles. The van der Waals surface area contributed by atoms with Crippen molar-refractivity contribution >= 4 is 12.0 Å². The maximum Gasteiger partial charge on any atom is 0.266 e. The molecule has 1 aliphatic rings. The van der Waals surface area contributed by atoms with Gasteiger partial charge in [-0.25, -0.2) is 9.67 Å². The predicted octanol–water partition coefficient (Wildman–Crippen LogP) is 2.64. The summed E-state index contributed by atoms with van der Waals surface area (Å²) in [4.78, 5) is 16.1. The van der Waals surface area contributed by atoms with Crippen LogP contribution in [0.4, 0.5) is 5.82 Å². The van der Waals surface area contributed by atoms with Gasteiger partial charge in [0, 0.05) is 12.3 Å². The SMILES string of the molecule is O=c1cc(/N=C/c2ccc3c(c2)OCO3)n(-c2ccccc2)[nH]1. The Labute approximate surface area is 131 Å². The number of benzene rings is 2. The summed E-state index contributed by atoms with van der Waals surface area (Å²) >= 11 is 0. The number of aromatic nitrogens is 2. The van der Waals surface area contributed by atoms with Crippen LogP contribution < -0.4 is 15.0 Å². The molecule has 114 valence electrons. The van der Waals surface area contributed by atoms with Gasteiger partial charge in [0.2, 0.25) is 6.79 Å². The first-order valence-corrected chi connectivity index (χ1v) is 7.11. The standard InChI is InChI=1S/C17H13N3O3/c21-17-9-16(20(19-17)13-4-2-1-3-5-13)18-10-12-6-7-14-15(8-12)23-11-22-14/h1-10H,11H2,(H,19,21)/b18-10+. The molecule has 0 bridgehead atoms. The number of hydrogen-bond acceptors (Lipinski definition) is 4. The molecule has 1 aliphatic heterocycles. The highest BCUT2D eigenvalue weighted by Gasteiger charge is 2.12. The van der Waals surface area contributed by atoms with E-state index in [-0.39, 0.29) is 12.4 Å². The van der Waals surface area contributed by atoms with Crippen LogP contribution in [0.15, 0.2) is 64.4 Å². The maximum atomic E-state index is 11.7. The monoisotopic (exact) mass is 307 g/mol. The second-order valence-corrected chi connectivity index (χ2v) is 5.02. The number of H-pyrrole nitrogens is 1. The lowest BCUT2D eigenvalue weighted by Gasteiger charge is -2.04. The van der Waals surface area contributed by atoms with Crippen LogP contribution in [-0.2, 0) is 0 Å². The number of fused-ring (bicyclic) bond motifs is 1. The van der Waals surface area contributed by atoms with Crippen molar-refractivity contribution in [3.63, 3.8) is 0 Å². The van der Waals surface area contributed by atoms with Crippen molar-refractivity contribution in [1.29, 1.82) is 0 Å². The lowest BCUT2D eigenvalue weighted by Crippen LogP contribution is -2.03. The minimum Gasteiger partial charge on any atom is -0.454 e. The molecule has 23 heavy (non-hydrogen) atoms. The van der Waals surface area contributed by atoms with Gasteiger partial charge in [-0.1, -0.05) is 18.2 Å². The van der Waals surface area contributed by atoms with E-state index in [2.05, 4.69) is 10.1 Å². The Morgan fingerprint density at radius 1 is 1.04 bits per heavy atom. The summed E-state index contributed by atoms with van der Waals surface area (Å²) in [6.45, 7) is 0.237. The molecule has 0 spiro atoms. The van der Waals surface area contributed by atoms with Crippen LogP contribution >= 0.6 is 0 Å². The summed E-state index contributed by atoms with van der Waals surface area (Å²) in [6, 6.07) is 16.5. The molecule has 1 aromatic heterocycles. The molecule has 6 nitrogen and oxygen atoms in total. The van der Waals surface area contributed by atoms with Gasteiger partial charge < -0.3 is 9.47 Å². The van der Waals surface area contributed by atoms with Crippen molar-refractivity contribution in [3.8, 4) is 17.2 Å². The van der Waals surface area contributed by atoms with Gasteiger partial charge in [0.15, 0.2) is 17.3 Å². The minimum absolute atomic E-state index is 0.202. The van der Waals surface area contributed by atoms with Gasteiger partial charge in [-0.15, -0.1) is 0 Å². The van der Waals surface area contributed by atoms with Crippen LogP contribution in [0.5, 0.6) is 11.5 Å². The lowest BCUT2D eigenvalue weighted by molar-refractivity contribution is 0.174. The zero-order valence-electron chi connectivity index (χ0n) is 12.1. The fourth-order valence-corrected chi connectivity index (χ4v) is 2.38. The zero-order valence-corrected chi connectivity index (χ0v) is 12.1. The molecule has 0 aliphatic carbocycles. The first-order valence-electron chi connectivity index (χ1n) is 7.11. The van der Waals surface area contributed by atoms with Gasteiger partial charge in [0.05, 0.1) is 5.69 Å². The molecule has 2 aromatic carbocycles. The third kappa shape index (κ3) is 2.62. The average Bonchev–Trinajstić information content (AvgIpc) is 3.19. The number of para-hydroxylation sites is 1. The van der Waals surface area contributed by atoms with E-state index in [1.165, 1.54) is 6.07 Å². The number of aromatic amines is 1. The number of aliphatic imine (C=N–C) groups is 1. The van der Waals surface area contributed by atoms with E-state index in [0.717, 1.165) is 17.0 Å². The Kier molecular flexibility index (Phi) is 3.20. The van der Waals surface area contributed by atoms with Gasteiger partial charge in [0.25, 0.3) is 5.56 Å². The first-order chi connectivity index (χ1) is 11.3. The Bertz CT molecular complexity index is 926. The van der Waals surface area contributed by atoms with Gasteiger partial charge in [-0.3, -0.25) is 9.89 Å². The number of hydrogen-bond donors (Lipinski definition) is 1. The fraction of sp³-hybridized carbons (Fsp3) is 0.0588. The topological polar surface area (TPSA) is 68.6 Å². The van der Waals surface area contributed by atoms with Crippen LogP contribution in [0.3, 0.4) is 0 Å². The van der Waals surface area contributed by atoms with E-state index in [1.54, 1.807) is 10.9 Å². The average molecular weight is 307 g/mol. The molecule has 2 heterocycles. The Morgan fingerprint density at radius 3 is 2.74 bits per heavy atom. The first kappa shape index (κ1) is 13.4. The summed E-state index contributed by atoms with van der Waals surface area (Å²) in [5, 5.41) is 2.74. The van der Waals surface area contributed by atoms with Crippen LogP contribution in [0.25, 0.3) is 5.69 Å². The van der Waals surface area contributed by atoms with Crippen LogP contribution in [-0.4, -0.2) is 22.8 Å². The normalized spacial score (nSPS) is 12.9. The summed E-state index contributed by atoms with van der Waals surface area (Å²) in [7, 11) is 0.